The first-order chi connectivity index (χ1) is 8.56. The molecular weight excluding hydrogens is 303 g/mol. The number of carbonyl (C=O) groups excluding carboxylic acids is 1. The van der Waals surface area contributed by atoms with E-state index in [-0.39, 0.29) is 17.1 Å². The number of amides is 1. The van der Waals surface area contributed by atoms with Crippen LogP contribution in [-0.4, -0.2) is 16.0 Å². The Morgan fingerprint density at radius 1 is 1.33 bits per heavy atom. The van der Waals surface area contributed by atoms with Crippen molar-refractivity contribution in [1.29, 1.82) is 0 Å². The molecule has 0 bridgehead atoms. The van der Waals surface area contributed by atoms with Crippen LogP contribution in [0.15, 0.2) is 41.0 Å². The quantitative estimate of drug-likeness (QED) is 0.838. The molecule has 0 radical (unpaired) electrons. The second-order valence-corrected chi connectivity index (χ2v) is 4.40. The Hall–Kier alpha value is -1.95. The smallest absolute Gasteiger partial charge is 0.274 e. The molecule has 1 aromatic heterocycles. The topological polar surface area (TPSA) is 62.2 Å². The molecule has 0 spiro atoms. The normalized spacial score (nSPS) is 10.1. The van der Waals surface area contributed by atoms with Gasteiger partial charge in [-0.25, -0.2) is 9.37 Å². The lowest BCUT2D eigenvalue weighted by Crippen LogP contribution is -2.14. The highest BCUT2D eigenvalue weighted by molar-refractivity contribution is 9.10. The molecule has 4 nitrogen and oxygen atoms in total. The minimum atomic E-state index is -0.708. The largest absolute Gasteiger partial charge is 0.508 e. The molecule has 1 heterocycles. The summed E-state index contributed by atoms with van der Waals surface area (Å²) in [5.41, 5.74) is 0.160. The lowest BCUT2D eigenvalue weighted by molar-refractivity contribution is 0.102. The zero-order chi connectivity index (χ0) is 13.1. The van der Waals surface area contributed by atoms with Crippen molar-refractivity contribution in [2.45, 2.75) is 0 Å². The van der Waals surface area contributed by atoms with Gasteiger partial charge in [0.1, 0.15) is 17.3 Å². The van der Waals surface area contributed by atoms with Crippen LogP contribution in [0.3, 0.4) is 0 Å². The maximum Gasteiger partial charge on any atom is 0.274 e. The first-order valence-electron chi connectivity index (χ1n) is 4.97. The number of hydrogen-bond acceptors (Lipinski definition) is 3. The average molecular weight is 311 g/mol. The Bertz CT molecular complexity index is 587. The summed E-state index contributed by atoms with van der Waals surface area (Å²) in [6.07, 6.45) is 1.47. The summed E-state index contributed by atoms with van der Waals surface area (Å²) in [6, 6.07) is 6.66. The van der Waals surface area contributed by atoms with Crippen molar-refractivity contribution in [1.82, 2.24) is 4.98 Å². The lowest BCUT2D eigenvalue weighted by Gasteiger charge is -2.06. The molecule has 1 amide bonds. The van der Waals surface area contributed by atoms with Crippen molar-refractivity contribution in [2.24, 2.45) is 0 Å². The van der Waals surface area contributed by atoms with Gasteiger partial charge in [-0.05, 0) is 40.2 Å². The Morgan fingerprint density at radius 2 is 2.11 bits per heavy atom. The average Bonchev–Trinajstić information content (AvgIpc) is 2.33. The van der Waals surface area contributed by atoms with Crippen LogP contribution in [0.1, 0.15) is 10.5 Å². The zero-order valence-corrected chi connectivity index (χ0v) is 10.6. The Kier molecular flexibility index (Phi) is 3.57. The molecule has 2 N–H and O–H groups in total. The third-order valence-electron chi connectivity index (χ3n) is 2.16. The van der Waals surface area contributed by atoms with Crippen LogP contribution in [0.2, 0.25) is 0 Å². The van der Waals surface area contributed by atoms with Crippen LogP contribution in [-0.2, 0) is 0 Å². The number of anilines is 1. The molecule has 0 aliphatic carbocycles. The summed E-state index contributed by atoms with van der Waals surface area (Å²) in [5.74, 6) is -1.43. The third kappa shape index (κ3) is 2.84. The van der Waals surface area contributed by atoms with Gasteiger partial charge in [0, 0.05) is 16.7 Å². The van der Waals surface area contributed by atoms with E-state index in [9.17, 15) is 9.18 Å². The minimum absolute atomic E-state index is 0.0116. The molecule has 0 aliphatic heterocycles. The molecule has 0 unspecified atom stereocenters. The number of carbonyl (C=O) groups is 1. The van der Waals surface area contributed by atoms with E-state index < -0.39 is 11.7 Å². The molecule has 2 aromatic rings. The minimum Gasteiger partial charge on any atom is -0.508 e. The Morgan fingerprint density at radius 3 is 2.72 bits per heavy atom. The molecule has 0 saturated carbocycles. The Balaban J connectivity index is 2.18. The number of aromatic hydroxyl groups is 1. The predicted octanol–water partition coefficient (Wildman–Crippen LogP) is 2.94. The summed E-state index contributed by atoms with van der Waals surface area (Å²) in [5, 5.41) is 11.4. The Labute approximate surface area is 111 Å². The molecule has 18 heavy (non-hydrogen) atoms. The fraction of sp³-hybridized carbons (Fsp3) is 0. The van der Waals surface area contributed by atoms with Gasteiger partial charge in [0.15, 0.2) is 0 Å². The molecular formula is C12H8BrFN2O2. The van der Waals surface area contributed by atoms with Crippen LogP contribution < -0.4 is 5.32 Å². The summed E-state index contributed by atoms with van der Waals surface area (Å²) in [4.78, 5) is 15.6. The molecule has 2 rings (SSSR count). The molecule has 6 heteroatoms. The maximum atomic E-state index is 13.4. The van der Waals surface area contributed by atoms with Crippen LogP contribution in [0.5, 0.6) is 5.75 Å². The van der Waals surface area contributed by atoms with Gasteiger partial charge in [0.05, 0.1) is 5.69 Å². The van der Waals surface area contributed by atoms with Crippen molar-refractivity contribution in [3.05, 3.63) is 52.5 Å². The number of aromatic nitrogens is 1. The van der Waals surface area contributed by atoms with E-state index in [1.807, 2.05) is 0 Å². The van der Waals surface area contributed by atoms with Gasteiger partial charge in [0.25, 0.3) is 5.91 Å². The maximum absolute atomic E-state index is 13.4. The molecule has 0 atom stereocenters. The second-order valence-electron chi connectivity index (χ2n) is 3.48. The summed E-state index contributed by atoms with van der Waals surface area (Å²) < 4.78 is 14.1. The number of nitrogens with one attached hydrogen (secondary N) is 1. The fourth-order valence-electron chi connectivity index (χ4n) is 1.30. The zero-order valence-electron chi connectivity index (χ0n) is 9.02. The van der Waals surface area contributed by atoms with Gasteiger partial charge >= 0.3 is 0 Å². The van der Waals surface area contributed by atoms with Crippen LogP contribution in [0.25, 0.3) is 0 Å². The van der Waals surface area contributed by atoms with Gasteiger partial charge in [0.2, 0.25) is 0 Å². The lowest BCUT2D eigenvalue weighted by atomic mass is 10.2. The van der Waals surface area contributed by atoms with Gasteiger partial charge in [-0.3, -0.25) is 4.79 Å². The molecule has 92 valence electrons. The van der Waals surface area contributed by atoms with Crippen LogP contribution in [0, 0.1) is 5.82 Å². The number of phenols is 1. The van der Waals surface area contributed by atoms with E-state index in [1.54, 1.807) is 6.07 Å². The van der Waals surface area contributed by atoms with Gasteiger partial charge < -0.3 is 10.4 Å². The van der Waals surface area contributed by atoms with Gasteiger partial charge in [-0.15, -0.1) is 0 Å². The van der Waals surface area contributed by atoms with E-state index in [0.717, 1.165) is 10.5 Å². The second kappa shape index (κ2) is 5.14. The summed E-state index contributed by atoms with van der Waals surface area (Å²) in [7, 11) is 0. The number of nitrogens with zero attached hydrogens (tertiary/aromatic N) is 1. The first-order valence-corrected chi connectivity index (χ1v) is 5.77. The number of hydrogen-bond donors (Lipinski definition) is 2. The van der Waals surface area contributed by atoms with Crippen molar-refractivity contribution in [3.8, 4) is 5.75 Å². The highest BCUT2D eigenvalue weighted by Crippen LogP contribution is 2.20. The molecule has 0 fully saturated rings. The predicted molar refractivity (Wildman–Crippen MR) is 68.0 cm³/mol. The van der Waals surface area contributed by atoms with E-state index in [1.165, 1.54) is 24.4 Å². The van der Waals surface area contributed by atoms with Crippen molar-refractivity contribution in [3.63, 3.8) is 0 Å². The number of phenolic OH excluding ortho intramolecular Hbond substituents is 1. The van der Waals surface area contributed by atoms with E-state index in [0.29, 0.717) is 0 Å². The number of pyridine rings is 1. The SMILES string of the molecule is O=C(Nc1ccc(O)cc1F)c1ccc(Br)cn1. The van der Waals surface area contributed by atoms with Gasteiger partial charge in [-0.2, -0.15) is 0 Å². The molecule has 0 aliphatic rings. The van der Waals surface area contributed by atoms with Crippen molar-refractivity contribution < 1.29 is 14.3 Å². The highest BCUT2D eigenvalue weighted by Gasteiger charge is 2.10. The molecule has 0 saturated heterocycles. The molecule has 1 aromatic carbocycles. The van der Waals surface area contributed by atoms with Crippen LogP contribution in [0.4, 0.5) is 10.1 Å². The highest BCUT2D eigenvalue weighted by atomic mass is 79.9. The first kappa shape index (κ1) is 12.5. The number of rotatable bonds is 2. The van der Waals surface area contributed by atoms with E-state index in [2.05, 4.69) is 26.2 Å². The van der Waals surface area contributed by atoms with Gasteiger partial charge in [-0.1, -0.05) is 0 Å². The van der Waals surface area contributed by atoms with Crippen molar-refractivity contribution >= 4 is 27.5 Å². The third-order valence-corrected chi connectivity index (χ3v) is 2.63. The fourth-order valence-corrected chi connectivity index (χ4v) is 1.54. The number of halogens is 2. The number of benzene rings is 1. The standard InChI is InChI=1S/C12H8BrFN2O2/c13-7-1-3-11(15-6-7)12(18)16-10-4-2-8(17)5-9(10)14/h1-6,17H,(H,16,18). The van der Waals surface area contributed by atoms with E-state index >= 15 is 0 Å². The van der Waals surface area contributed by atoms with Crippen molar-refractivity contribution in [2.75, 3.05) is 5.32 Å². The monoisotopic (exact) mass is 310 g/mol. The van der Waals surface area contributed by atoms with Crippen LogP contribution >= 0.6 is 15.9 Å². The van der Waals surface area contributed by atoms with E-state index in [4.69, 9.17) is 5.11 Å². The summed E-state index contributed by atoms with van der Waals surface area (Å²) in [6.45, 7) is 0. The summed E-state index contributed by atoms with van der Waals surface area (Å²) >= 11 is 3.20.